The third-order valence-electron chi connectivity index (χ3n) is 3.92. The van der Waals surface area contributed by atoms with Crippen LogP contribution in [0.1, 0.15) is 48.3 Å². The Hall–Kier alpha value is -2.34. The van der Waals surface area contributed by atoms with E-state index in [1.165, 1.54) is 5.56 Å². The maximum absolute atomic E-state index is 12.4. The summed E-state index contributed by atoms with van der Waals surface area (Å²) in [5, 5.41) is 2.96. The molecule has 2 rings (SSSR count). The molecule has 6 heteroatoms. The zero-order chi connectivity index (χ0) is 19.3. The lowest BCUT2D eigenvalue weighted by Gasteiger charge is -2.15. The van der Waals surface area contributed by atoms with Crippen LogP contribution in [0, 0.1) is 5.92 Å². The van der Waals surface area contributed by atoms with Crippen LogP contribution >= 0.6 is 0 Å². The smallest absolute Gasteiger partial charge is 0.251 e. The van der Waals surface area contributed by atoms with E-state index in [4.69, 9.17) is 0 Å². The van der Waals surface area contributed by atoms with Gasteiger partial charge in [-0.25, -0.2) is 8.42 Å². The minimum Gasteiger partial charge on any atom is -0.346 e. The fourth-order valence-corrected chi connectivity index (χ4v) is 3.25. The third kappa shape index (κ3) is 6.19. The van der Waals surface area contributed by atoms with Crippen molar-refractivity contribution in [1.82, 2.24) is 5.32 Å². The SMILES string of the molecule is CC(C)Cc1ccc([C@@H](C)NC(=O)c2ccc(NS(C)(=O)=O)cc2)cc1. The first-order valence-electron chi connectivity index (χ1n) is 8.61. The maximum atomic E-state index is 12.4. The van der Waals surface area contributed by atoms with Crippen molar-refractivity contribution in [1.29, 1.82) is 0 Å². The van der Waals surface area contributed by atoms with E-state index in [1.807, 2.05) is 19.1 Å². The highest BCUT2D eigenvalue weighted by Gasteiger charge is 2.12. The van der Waals surface area contributed by atoms with Crippen LogP contribution in [0.15, 0.2) is 48.5 Å². The van der Waals surface area contributed by atoms with Crippen LogP contribution in [0.3, 0.4) is 0 Å². The molecule has 2 aromatic rings. The highest BCUT2D eigenvalue weighted by Crippen LogP contribution is 2.17. The number of hydrogen-bond acceptors (Lipinski definition) is 3. The molecule has 26 heavy (non-hydrogen) atoms. The third-order valence-corrected chi connectivity index (χ3v) is 4.53. The van der Waals surface area contributed by atoms with E-state index in [9.17, 15) is 13.2 Å². The lowest BCUT2D eigenvalue weighted by Crippen LogP contribution is -2.26. The van der Waals surface area contributed by atoms with E-state index in [1.54, 1.807) is 24.3 Å². The Labute approximate surface area is 155 Å². The van der Waals surface area contributed by atoms with Crippen molar-refractivity contribution in [3.63, 3.8) is 0 Å². The predicted molar refractivity (Wildman–Crippen MR) is 106 cm³/mol. The van der Waals surface area contributed by atoms with Crippen molar-refractivity contribution in [2.75, 3.05) is 11.0 Å². The van der Waals surface area contributed by atoms with E-state index in [2.05, 4.69) is 36.0 Å². The Balaban J connectivity index is 2.00. The molecule has 0 heterocycles. The molecule has 0 spiro atoms. The zero-order valence-electron chi connectivity index (χ0n) is 15.6. The summed E-state index contributed by atoms with van der Waals surface area (Å²) in [6, 6.07) is 14.5. The summed E-state index contributed by atoms with van der Waals surface area (Å²) in [7, 11) is -3.33. The molecule has 0 radical (unpaired) electrons. The number of carbonyl (C=O) groups is 1. The predicted octanol–water partition coefficient (Wildman–Crippen LogP) is 3.75. The monoisotopic (exact) mass is 374 g/mol. The number of amides is 1. The normalized spacial score (nSPS) is 12.7. The number of sulfonamides is 1. The van der Waals surface area contributed by atoms with Crippen molar-refractivity contribution in [2.24, 2.45) is 5.92 Å². The van der Waals surface area contributed by atoms with Crippen LogP contribution in [-0.2, 0) is 16.4 Å². The largest absolute Gasteiger partial charge is 0.346 e. The fraction of sp³-hybridized carbons (Fsp3) is 0.350. The van der Waals surface area contributed by atoms with Crippen molar-refractivity contribution in [3.8, 4) is 0 Å². The standard InChI is InChI=1S/C20H26N2O3S/c1-14(2)13-16-5-7-17(8-6-16)15(3)21-20(23)18-9-11-19(12-10-18)22-26(4,24)25/h5-12,14-15,22H,13H2,1-4H3,(H,21,23)/t15-/m1/s1. The van der Waals surface area contributed by atoms with Gasteiger partial charge in [-0.3, -0.25) is 9.52 Å². The second-order valence-corrected chi connectivity index (χ2v) is 8.73. The minimum atomic E-state index is -3.33. The van der Waals surface area contributed by atoms with Crippen LogP contribution in [-0.4, -0.2) is 20.6 Å². The molecule has 0 saturated carbocycles. The molecule has 0 aromatic heterocycles. The molecule has 0 bridgehead atoms. The molecule has 0 fully saturated rings. The molecule has 1 amide bonds. The number of hydrogen-bond donors (Lipinski definition) is 2. The molecule has 2 aromatic carbocycles. The zero-order valence-corrected chi connectivity index (χ0v) is 16.4. The van der Waals surface area contributed by atoms with Crippen molar-refractivity contribution < 1.29 is 13.2 Å². The van der Waals surface area contributed by atoms with Gasteiger partial charge in [0.25, 0.3) is 5.91 Å². The molecule has 2 N–H and O–H groups in total. The average Bonchev–Trinajstić information content (AvgIpc) is 2.54. The highest BCUT2D eigenvalue weighted by atomic mass is 32.2. The summed E-state index contributed by atoms with van der Waals surface area (Å²) in [6.07, 6.45) is 2.12. The van der Waals surface area contributed by atoms with Crippen LogP contribution in [0.2, 0.25) is 0 Å². The molecule has 1 atom stereocenters. The molecule has 5 nitrogen and oxygen atoms in total. The van der Waals surface area contributed by atoms with Crippen LogP contribution in [0.5, 0.6) is 0 Å². The van der Waals surface area contributed by atoms with Crippen LogP contribution in [0.25, 0.3) is 0 Å². The van der Waals surface area contributed by atoms with Gasteiger partial charge >= 0.3 is 0 Å². The summed E-state index contributed by atoms with van der Waals surface area (Å²) in [4.78, 5) is 12.4. The molecule has 0 aliphatic carbocycles. The van der Waals surface area contributed by atoms with Crippen LogP contribution < -0.4 is 10.0 Å². The Morgan fingerprint density at radius 3 is 2.04 bits per heavy atom. The number of carbonyl (C=O) groups excluding carboxylic acids is 1. The fourth-order valence-electron chi connectivity index (χ4n) is 2.68. The molecule has 0 saturated heterocycles. The van der Waals surface area contributed by atoms with E-state index in [-0.39, 0.29) is 11.9 Å². The first-order chi connectivity index (χ1) is 12.1. The second-order valence-electron chi connectivity index (χ2n) is 6.99. The molecule has 0 unspecified atom stereocenters. The van der Waals surface area contributed by atoms with E-state index in [0.717, 1.165) is 18.2 Å². The van der Waals surface area contributed by atoms with Gasteiger partial charge in [0.1, 0.15) is 0 Å². The van der Waals surface area contributed by atoms with E-state index < -0.39 is 10.0 Å². The summed E-state index contributed by atoms with van der Waals surface area (Å²) < 4.78 is 24.8. The van der Waals surface area contributed by atoms with Gasteiger partial charge in [0, 0.05) is 11.3 Å². The van der Waals surface area contributed by atoms with Gasteiger partial charge in [0.15, 0.2) is 0 Å². The molecule has 140 valence electrons. The molecular formula is C20H26N2O3S. The summed E-state index contributed by atoms with van der Waals surface area (Å²) >= 11 is 0. The Bertz CT molecular complexity index is 842. The molecule has 0 aliphatic heterocycles. The highest BCUT2D eigenvalue weighted by molar-refractivity contribution is 7.92. The van der Waals surface area contributed by atoms with Gasteiger partial charge in [-0.1, -0.05) is 38.1 Å². The van der Waals surface area contributed by atoms with Crippen molar-refractivity contribution in [3.05, 3.63) is 65.2 Å². The average molecular weight is 375 g/mol. The van der Waals surface area contributed by atoms with Gasteiger partial charge in [-0.15, -0.1) is 0 Å². The lowest BCUT2D eigenvalue weighted by molar-refractivity contribution is 0.0940. The minimum absolute atomic E-state index is 0.121. The van der Waals surface area contributed by atoms with E-state index in [0.29, 0.717) is 17.2 Å². The molecule has 0 aliphatic rings. The quantitative estimate of drug-likeness (QED) is 0.775. The Morgan fingerprint density at radius 2 is 1.54 bits per heavy atom. The van der Waals surface area contributed by atoms with Crippen molar-refractivity contribution in [2.45, 2.75) is 33.2 Å². The summed E-state index contributed by atoms with van der Waals surface area (Å²) in [5.41, 5.74) is 3.24. The van der Waals surface area contributed by atoms with Gasteiger partial charge in [-0.05, 0) is 54.7 Å². The van der Waals surface area contributed by atoms with Gasteiger partial charge in [0.2, 0.25) is 10.0 Å². The maximum Gasteiger partial charge on any atom is 0.251 e. The van der Waals surface area contributed by atoms with Gasteiger partial charge in [-0.2, -0.15) is 0 Å². The first kappa shape index (κ1) is 20.0. The molecular weight excluding hydrogens is 348 g/mol. The number of anilines is 1. The van der Waals surface area contributed by atoms with Gasteiger partial charge in [0.05, 0.1) is 12.3 Å². The lowest BCUT2D eigenvalue weighted by atomic mass is 10.00. The summed E-state index contributed by atoms with van der Waals surface area (Å²) in [6.45, 7) is 6.32. The second kappa shape index (κ2) is 8.36. The topological polar surface area (TPSA) is 75.3 Å². The Morgan fingerprint density at radius 1 is 0.962 bits per heavy atom. The number of nitrogens with one attached hydrogen (secondary N) is 2. The summed E-state index contributed by atoms with van der Waals surface area (Å²) in [5.74, 6) is 0.410. The van der Waals surface area contributed by atoms with Gasteiger partial charge < -0.3 is 5.32 Å². The van der Waals surface area contributed by atoms with E-state index >= 15 is 0 Å². The number of benzene rings is 2. The number of rotatable bonds is 7. The van der Waals surface area contributed by atoms with Crippen LogP contribution in [0.4, 0.5) is 5.69 Å². The van der Waals surface area contributed by atoms with Crippen molar-refractivity contribution >= 4 is 21.6 Å². The Kier molecular flexibility index (Phi) is 6.42. The first-order valence-corrected chi connectivity index (χ1v) is 10.5.